The molecule has 0 radical (unpaired) electrons. The monoisotopic (exact) mass is 375 g/mol. The molecular formula is C23H41N3O. The maximum atomic E-state index is 8.00. The molecule has 0 aromatic heterocycles. The quantitative estimate of drug-likeness (QED) is 0.845. The van der Waals surface area contributed by atoms with Crippen molar-refractivity contribution in [1.29, 1.82) is 0 Å². The van der Waals surface area contributed by atoms with Gasteiger partial charge < -0.3 is 21.2 Å². The van der Waals surface area contributed by atoms with Gasteiger partial charge in [0, 0.05) is 6.54 Å². The third-order valence-corrected chi connectivity index (χ3v) is 2.87. The van der Waals surface area contributed by atoms with Gasteiger partial charge in [-0.25, -0.2) is 0 Å². The highest BCUT2D eigenvalue weighted by molar-refractivity contribution is 5.20. The fourth-order valence-electron chi connectivity index (χ4n) is 1.68. The van der Waals surface area contributed by atoms with Crippen molar-refractivity contribution in [3.8, 4) is 0 Å². The van der Waals surface area contributed by atoms with Crippen LogP contribution in [-0.2, 0) is 17.8 Å². The molecule has 0 amide bonds. The first-order valence-electron chi connectivity index (χ1n) is 9.39. The zero-order valence-corrected chi connectivity index (χ0v) is 18.2. The fraction of sp³-hybridized carbons (Fsp3) is 0.435. The number of rotatable bonds is 4. The predicted octanol–water partition coefficient (Wildman–Crippen LogP) is 4.05. The van der Waals surface area contributed by atoms with Crippen molar-refractivity contribution in [1.82, 2.24) is 4.90 Å². The van der Waals surface area contributed by atoms with Crippen molar-refractivity contribution in [2.75, 3.05) is 27.7 Å². The number of carbonyl (C=O) groups is 1. The van der Waals surface area contributed by atoms with Crippen LogP contribution in [0.2, 0.25) is 0 Å². The van der Waals surface area contributed by atoms with Crippen LogP contribution in [0.25, 0.3) is 0 Å². The van der Waals surface area contributed by atoms with Crippen molar-refractivity contribution in [3.05, 3.63) is 71.3 Å². The van der Waals surface area contributed by atoms with E-state index < -0.39 is 0 Å². The standard InChI is InChI=1S/C9H13N.C8H11N.C3H9N.C2H6.CH2O/c10-8-4-7-9-5-2-1-3-6-9;1-7-2-4-8(6-9)5-3-7;1-4(2)3;2*1-2/h1-3,5-6H,4,7-8,10H2;2-5H,6,9H2,1H3;1-3H3;1-2H3;1H2. The second kappa shape index (κ2) is 24.0. The van der Waals surface area contributed by atoms with E-state index in [-0.39, 0.29) is 0 Å². The summed E-state index contributed by atoms with van der Waals surface area (Å²) in [5.41, 5.74) is 14.6. The molecule has 2 rings (SSSR count). The minimum atomic E-state index is 0.639. The highest BCUT2D eigenvalue weighted by atomic mass is 16.1. The summed E-state index contributed by atoms with van der Waals surface area (Å²) in [5, 5.41) is 0. The lowest BCUT2D eigenvalue weighted by atomic mass is 10.1. The first kappa shape index (κ1) is 29.7. The fourth-order valence-corrected chi connectivity index (χ4v) is 1.68. The highest BCUT2D eigenvalue weighted by Gasteiger charge is 1.87. The second-order valence-corrected chi connectivity index (χ2v) is 5.91. The number of nitrogens with two attached hydrogens (primary N) is 2. The Morgan fingerprint density at radius 3 is 1.63 bits per heavy atom. The Morgan fingerprint density at radius 2 is 1.26 bits per heavy atom. The highest BCUT2D eigenvalue weighted by Crippen LogP contribution is 2.01. The predicted molar refractivity (Wildman–Crippen MR) is 121 cm³/mol. The molecule has 0 aliphatic heterocycles. The van der Waals surface area contributed by atoms with Gasteiger partial charge in [-0.2, -0.15) is 0 Å². The summed E-state index contributed by atoms with van der Waals surface area (Å²) in [6.07, 6.45) is 2.20. The van der Waals surface area contributed by atoms with Crippen LogP contribution in [0.1, 0.15) is 37.0 Å². The Hall–Kier alpha value is -2.01. The van der Waals surface area contributed by atoms with E-state index in [2.05, 4.69) is 55.5 Å². The van der Waals surface area contributed by atoms with Crippen molar-refractivity contribution in [2.24, 2.45) is 11.5 Å². The summed E-state index contributed by atoms with van der Waals surface area (Å²) in [5.74, 6) is 0. The van der Waals surface area contributed by atoms with Gasteiger partial charge in [0.1, 0.15) is 6.79 Å². The summed E-state index contributed by atoms with van der Waals surface area (Å²) < 4.78 is 0. The summed E-state index contributed by atoms with van der Waals surface area (Å²) in [4.78, 5) is 10.0. The van der Waals surface area contributed by atoms with Crippen LogP contribution in [-0.4, -0.2) is 39.4 Å². The van der Waals surface area contributed by atoms with Gasteiger partial charge in [-0.15, -0.1) is 0 Å². The molecule has 0 heterocycles. The molecule has 4 heteroatoms. The van der Waals surface area contributed by atoms with E-state index in [0.717, 1.165) is 19.4 Å². The number of aryl methyl sites for hydroxylation is 2. The van der Waals surface area contributed by atoms with E-state index in [9.17, 15) is 0 Å². The average Bonchev–Trinajstić information content (AvgIpc) is 2.71. The third kappa shape index (κ3) is 24.0. The molecular weight excluding hydrogens is 334 g/mol. The molecule has 154 valence electrons. The van der Waals surface area contributed by atoms with Gasteiger partial charge in [0.25, 0.3) is 0 Å². The largest absolute Gasteiger partial charge is 0.330 e. The normalized spacial score (nSPS) is 8.48. The van der Waals surface area contributed by atoms with Gasteiger partial charge in [0.15, 0.2) is 0 Å². The lowest BCUT2D eigenvalue weighted by Gasteiger charge is -1.96. The Labute approximate surface area is 167 Å². The van der Waals surface area contributed by atoms with E-state index in [1.54, 1.807) is 0 Å². The van der Waals surface area contributed by atoms with Gasteiger partial charge in [-0.3, -0.25) is 0 Å². The van der Waals surface area contributed by atoms with E-state index in [0.29, 0.717) is 6.54 Å². The maximum Gasteiger partial charge on any atom is 0.106 e. The van der Waals surface area contributed by atoms with Gasteiger partial charge in [-0.05, 0) is 58.6 Å². The van der Waals surface area contributed by atoms with Gasteiger partial charge in [-0.1, -0.05) is 74.0 Å². The van der Waals surface area contributed by atoms with Crippen LogP contribution in [0.3, 0.4) is 0 Å². The maximum absolute atomic E-state index is 8.00. The molecule has 0 fully saturated rings. The van der Waals surface area contributed by atoms with Gasteiger partial charge in [0.2, 0.25) is 0 Å². The lowest BCUT2D eigenvalue weighted by Crippen LogP contribution is -1.99. The average molecular weight is 376 g/mol. The number of hydrogen-bond donors (Lipinski definition) is 2. The molecule has 4 N–H and O–H groups in total. The smallest absolute Gasteiger partial charge is 0.106 e. The van der Waals surface area contributed by atoms with Gasteiger partial charge in [0.05, 0.1) is 0 Å². The Kier molecular flexibility index (Phi) is 26.4. The van der Waals surface area contributed by atoms with Crippen molar-refractivity contribution in [3.63, 3.8) is 0 Å². The van der Waals surface area contributed by atoms with Crippen molar-refractivity contribution >= 4 is 6.79 Å². The number of nitrogens with zero attached hydrogens (tertiary/aromatic N) is 1. The van der Waals surface area contributed by atoms with E-state index in [4.69, 9.17) is 16.3 Å². The molecule has 0 saturated carbocycles. The molecule has 27 heavy (non-hydrogen) atoms. The Bertz CT molecular complexity index is 496. The van der Waals surface area contributed by atoms with Crippen LogP contribution in [0.15, 0.2) is 54.6 Å². The first-order chi connectivity index (χ1) is 13.0. The van der Waals surface area contributed by atoms with Crippen LogP contribution in [0.5, 0.6) is 0 Å². The zero-order chi connectivity index (χ0) is 21.5. The van der Waals surface area contributed by atoms with Crippen molar-refractivity contribution in [2.45, 2.75) is 40.2 Å². The minimum Gasteiger partial charge on any atom is -0.330 e. The van der Waals surface area contributed by atoms with Crippen LogP contribution in [0, 0.1) is 6.92 Å². The zero-order valence-electron chi connectivity index (χ0n) is 18.2. The van der Waals surface area contributed by atoms with E-state index >= 15 is 0 Å². The Balaban J connectivity index is -0.000000312. The second-order valence-electron chi connectivity index (χ2n) is 5.91. The molecule has 0 unspecified atom stereocenters. The number of carbonyl (C=O) groups excluding carboxylic acids is 1. The molecule has 0 bridgehead atoms. The molecule has 0 atom stereocenters. The topological polar surface area (TPSA) is 72.3 Å². The van der Waals surface area contributed by atoms with E-state index in [1.807, 2.05) is 52.7 Å². The summed E-state index contributed by atoms with van der Waals surface area (Å²) in [6, 6.07) is 18.7. The number of hydrogen-bond acceptors (Lipinski definition) is 4. The molecule has 2 aromatic rings. The molecule has 0 spiro atoms. The molecule has 0 saturated heterocycles. The molecule has 0 aliphatic carbocycles. The van der Waals surface area contributed by atoms with Crippen LogP contribution < -0.4 is 11.5 Å². The minimum absolute atomic E-state index is 0.639. The first-order valence-corrected chi connectivity index (χ1v) is 9.39. The Morgan fingerprint density at radius 1 is 0.815 bits per heavy atom. The van der Waals surface area contributed by atoms with Crippen LogP contribution >= 0.6 is 0 Å². The van der Waals surface area contributed by atoms with Crippen molar-refractivity contribution < 1.29 is 4.79 Å². The molecule has 4 nitrogen and oxygen atoms in total. The summed E-state index contributed by atoms with van der Waals surface area (Å²) >= 11 is 0. The summed E-state index contributed by atoms with van der Waals surface area (Å²) in [7, 11) is 6.00. The molecule has 2 aromatic carbocycles. The summed E-state index contributed by atoms with van der Waals surface area (Å²) in [6.45, 7) is 9.50. The number of benzene rings is 2. The SMILES string of the molecule is C=O.CC.CN(C)C.Cc1ccc(CN)cc1.NCCCc1ccccc1. The molecule has 0 aliphatic rings. The van der Waals surface area contributed by atoms with Crippen LogP contribution in [0.4, 0.5) is 0 Å². The van der Waals surface area contributed by atoms with Gasteiger partial charge >= 0.3 is 0 Å². The van der Waals surface area contributed by atoms with E-state index in [1.165, 1.54) is 16.7 Å². The third-order valence-electron chi connectivity index (χ3n) is 2.87. The lowest BCUT2D eigenvalue weighted by molar-refractivity contribution is -0.0979.